The second-order valence-electron chi connectivity index (χ2n) is 4.75. The molecule has 0 bridgehead atoms. The Morgan fingerprint density at radius 1 is 1.26 bits per heavy atom. The van der Waals surface area contributed by atoms with E-state index in [1.54, 1.807) is 0 Å². The summed E-state index contributed by atoms with van der Waals surface area (Å²) in [7, 11) is 0. The zero-order chi connectivity index (χ0) is 13.2. The first-order valence-electron chi connectivity index (χ1n) is 6.44. The van der Waals surface area contributed by atoms with E-state index >= 15 is 0 Å². The number of nitrogens with zero attached hydrogens (tertiary/aromatic N) is 2. The molecule has 0 spiro atoms. The average Bonchev–Trinajstić information content (AvgIpc) is 3.09. The van der Waals surface area contributed by atoms with Crippen LogP contribution in [-0.4, -0.2) is 39.7 Å². The quantitative estimate of drug-likeness (QED) is 0.913. The van der Waals surface area contributed by atoms with Crippen molar-refractivity contribution < 1.29 is 9.90 Å². The van der Waals surface area contributed by atoms with Crippen molar-refractivity contribution in [3.63, 3.8) is 0 Å². The smallest absolute Gasteiger partial charge is 0.266 e. The van der Waals surface area contributed by atoms with Gasteiger partial charge in [0.1, 0.15) is 4.88 Å². The number of thiophene rings is 1. The van der Waals surface area contributed by atoms with E-state index in [1.807, 2.05) is 45.4 Å². The summed E-state index contributed by atoms with van der Waals surface area (Å²) in [5.41, 5.74) is 0.936. The van der Waals surface area contributed by atoms with Crippen molar-refractivity contribution in [1.29, 1.82) is 0 Å². The predicted octanol–water partition coefficient (Wildman–Crippen LogP) is 2.14. The molecule has 4 nitrogen and oxygen atoms in total. The molecule has 1 saturated heterocycles. The van der Waals surface area contributed by atoms with Crippen LogP contribution in [0.2, 0.25) is 0 Å². The van der Waals surface area contributed by atoms with Crippen LogP contribution in [0.15, 0.2) is 36.0 Å². The number of carbonyl (C=O) groups is 1. The van der Waals surface area contributed by atoms with Gasteiger partial charge >= 0.3 is 0 Å². The number of rotatable bonds is 2. The number of hydrogen-bond donors (Lipinski definition) is 1. The van der Waals surface area contributed by atoms with Gasteiger partial charge in [-0.3, -0.25) is 4.79 Å². The highest BCUT2D eigenvalue weighted by Gasteiger charge is 2.25. The fraction of sp³-hybridized carbons (Fsp3) is 0.357. The van der Waals surface area contributed by atoms with E-state index in [0.717, 1.165) is 10.6 Å². The van der Waals surface area contributed by atoms with Crippen LogP contribution in [0.1, 0.15) is 22.5 Å². The molecule has 0 radical (unpaired) electrons. The van der Waals surface area contributed by atoms with Crippen LogP contribution in [0.4, 0.5) is 0 Å². The lowest BCUT2D eigenvalue weighted by atomic mass is 10.1. The lowest BCUT2D eigenvalue weighted by Crippen LogP contribution is -2.40. The molecule has 1 aliphatic rings. The SMILES string of the molecule is O=C(c1sccc1-n1cccc1)N1CCC(O)CC1. The minimum absolute atomic E-state index is 0.0746. The number of aromatic nitrogens is 1. The molecule has 1 aliphatic heterocycles. The summed E-state index contributed by atoms with van der Waals surface area (Å²) in [4.78, 5) is 15.1. The Hall–Kier alpha value is -1.59. The van der Waals surface area contributed by atoms with E-state index in [2.05, 4.69) is 0 Å². The molecule has 0 aromatic carbocycles. The molecule has 3 heterocycles. The molecule has 19 heavy (non-hydrogen) atoms. The summed E-state index contributed by atoms with van der Waals surface area (Å²) in [6, 6.07) is 5.86. The summed E-state index contributed by atoms with van der Waals surface area (Å²) >= 11 is 1.48. The second-order valence-corrected chi connectivity index (χ2v) is 5.66. The molecule has 1 N–H and O–H groups in total. The highest BCUT2D eigenvalue weighted by atomic mass is 32.1. The molecule has 0 saturated carbocycles. The summed E-state index contributed by atoms with van der Waals surface area (Å²) in [6.07, 6.45) is 4.99. The Labute approximate surface area is 115 Å². The van der Waals surface area contributed by atoms with E-state index < -0.39 is 0 Å². The summed E-state index contributed by atoms with van der Waals surface area (Å²) in [6.45, 7) is 1.28. The number of hydrogen-bond acceptors (Lipinski definition) is 3. The van der Waals surface area contributed by atoms with E-state index in [0.29, 0.717) is 25.9 Å². The minimum atomic E-state index is -0.253. The number of aliphatic hydroxyl groups is 1. The number of aliphatic hydroxyl groups excluding tert-OH is 1. The van der Waals surface area contributed by atoms with Gasteiger partial charge in [-0.2, -0.15) is 0 Å². The van der Waals surface area contributed by atoms with Crippen LogP contribution in [0, 0.1) is 0 Å². The van der Waals surface area contributed by atoms with Crippen molar-refractivity contribution >= 4 is 17.2 Å². The number of likely N-dealkylation sites (tertiary alicyclic amines) is 1. The van der Waals surface area contributed by atoms with Crippen molar-refractivity contribution in [2.45, 2.75) is 18.9 Å². The summed E-state index contributed by atoms with van der Waals surface area (Å²) in [5.74, 6) is 0.0746. The molecule has 100 valence electrons. The van der Waals surface area contributed by atoms with Gasteiger partial charge in [0.25, 0.3) is 5.91 Å². The van der Waals surface area contributed by atoms with Crippen LogP contribution in [0.25, 0.3) is 5.69 Å². The minimum Gasteiger partial charge on any atom is -0.393 e. The van der Waals surface area contributed by atoms with Gasteiger partial charge in [0.05, 0.1) is 11.8 Å². The van der Waals surface area contributed by atoms with Gasteiger partial charge in [0.2, 0.25) is 0 Å². The van der Waals surface area contributed by atoms with E-state index in [4.69, 9.17) is 0 Å². The molecular formula is C14H16N2O2S. The monoisotopic (exact) mass is 276 g/mol. The highest BCUT2D eigenvalue weighted by Crippen LogP contribution is 2.24. The molecule has 0 aliphatic carbocycles. The van der Waals surface area contributed by atoms with Gasteiger partial charge < -0.3 is 14.6 Å². The Bertz CT molecular complexity index is 554. The van der Waals surface area contributed by atoms with Crippen LogP contribution < -0.4 is 0 Å². The number of carbonyl (C=O) groups excluding carboxylic acids is 1. The third-order valence-corrected chi connectivity index (χ3v) is 4.36. The Morgan fingerprint density at radius 3 is 2.63 bits per heavy atom. The maximum atomic E-state index is 12.5. The van der Waals surface area contributed by atoms with Gasteiger partial charge in [-0.05, 0) is 36.4 Å². The third-order valence-electron chi connectivity index (χ3n) is 3.47. The number of amides is 1. The summed E-state index contributed by atoms with van der Waals surface area (Å²) in [5, 5.41) is 11.5. The standard InChI is InChI=1S/C14H16N2O2S/c17-11-3-8-16(9-4-11)14(18)13-12(5-10-19-13)15-6-1-2-7-15/h1-2,5-7,10-11,17H,3-4,8-9H2. The fourth-order valence-corrected chi connectivity index (χ4v) is 3.23. The van der Waals surface area contributed by atoms with E-state index in [1.165, 1.54) is 11.3 Å². The maximum Gasteiger partial charge on any atom is 0.266 e. The Morgan fingerprint density at radius 2 is 1.95 bits per heavy atom. The second kappa shape index (κ2) is 5.19. The average molecular weight is 276 g/mol. The van der Waals surface area contributed by atoms with Gasteiger partial charge in [0, 0.05) is 25.5 Å². The lowest BCUT2D eigenvalue weighted by molar-refractivity contribution is 0.0551. The normalized spacial score (nSPS) is 16.8. The first-order chi connectivity index (χ1) is 9.25. The van der Waals surface area contributed by atoms with Gasteiger partial charge in [-0.25, -0.2) is 0 Å². The molecule has 0 unspecified atom stereocenters. The zero-order valence-electron chi connectivity index (χ0n) is 10.5. The van der Waals surface area contributed by atoms with Gasteiger partial charge in [0.15, 0.2) is 0 Å². The van der Waals surface area contributed by atoms with Crippen LogP contribution in [-0.2, 0) is 0 Å². The van der Waals surface area contributed by atoms with Crippen molar-refractivity contribution in [3.05, 3.63) is 40.8 Å². The van der Waals surface area contributed by atoms with Crippen LogP contribution in [0.5, 0.6) is 0 Å². The fourth-order valence-electron chi connectivity index (χ4n) is 2.37. The Kier molecular flexibility index (Phi) is 3.40. The van der Waals surface area contributed by atoms with Crippen molar-refractivity contribution in [3.8, 4) is 5.69 Å². The van der Waals surface area contributed by atoms with Crippen molar-refractivity contribution in [2.75, 3.05) is 13.1 Å². The first kappa shape index (κ1) is 12.4. The maximum absolute atomic E-state index is 12.5. The molecular weight excluding hydrogens is 260 g/mol. The molecule has 1 amide bonds. The van der Waals surface area contributed by atoms with Crippen molar-refractivity contribution in [2.24, 2.45) is 0 Å². The largest absolute Gasteiger partial charge is 0.393 e. The molecule has 3 rings (SSSR count). The molecule has 2 aromatic heterocycles. The topological polar surface area (TPSA) is 45.5 Å². The zero-order valence-corrected chi connectivity index (χ0v) is 11.3. The van der Waals surface area contributed by atoms with Crippen LogP contribution >= 0.6 is 11.3 Å². The molecule has 2 aromatic rings. The lowest BCUT2D eigenvalue weighted by Gasteiger charge is -2.29. The van der Waals surface area contributed by atoms with Gasteiger partial charge in [-0.15, -0.1) is 11.3 Å². The highest BCUT2D eigenvalue weighted by molar-refractivity contribution is 7.12. The molecule has 5 heteroatoms. The number of piperidine rings is 1. The van der Waals surface area contributed by atoms with Crippen LogP contribution in [0.3, 0.4) is 0 Å². The van der Waals surface area contributed by atoms with E-state index in [9.17, 15) is 9.90 Å². The van der Waals surface area contributed by atoms with E-state index in [-0.39, 0.29) is 12.0 Å². The first-order valence-corrected chi connectivity index (χ1v) is 7.32. The van der Waals surface area contributed by atoms with Crippen molar-refractivity contribution in [1.82, 2.24) is 9.47 Å². The Balaban J connectivity index is 1.83. The molecule has 0 atom stereocenters. The van der Waals surface area contributed by atoms with Gasteiger partial charge in [-0.1, -0.05) is 0 Å². The third kappa shape index (κ3) is 2.43. The summed E-state index contributed by atoms with van der Waals surface area (Å²) < 4.78 is 1.96. The predicted molar refractivity (Wildman–Crippen MR) is 74.8 cm³/mol. The molecule has 1 fully saturated rings.